The second-order valence-electron chi connectivity index (χ2n) is 7.32. The number of rotatable bonds is 3. The summed E-state index contributed by atoms with van der Waals surface area (Å²) in [7, 11) is 0. The molecule has 0 bridgehead atoms. The van der Waals surface area contributed by atoms with Gasteiger partial charge in [0.05, 0.1) is 22.2 Å². The summed E-state index contributed by atoms with van der Waals surface area (Å²) in [6, 6.07) is 14.3. The van der Waals surface area contributed by atoms with Crippen LogP contribution in [-0.4, -0.2) is 20.9 Å². The van der Waals surface area contributed by atoms with Crippen LogP contribution in [0.5, 0.6) is 0 Å². The van der Waals surface area contributed by atoms with Crippen molar-refractivity contribution in [2.24, 2.45) is 5.92 Å². The number of nitrogens with one attached hydrogen (secondary N) is 2. The molecule has 0 spiro atoms. The van der Waals surface area contributed by atoms with Gasteiger partial charge in [0, 0.05) is 29.3 Å². The van der Waals surface area contributed by atoms with Crippen LogP contribution in [0.25, 0.3) is 20.8 Å². The lowest BCUT2D eigenvalue weighted by atomic mass is 9.89. The van der Waals surface area contributed by atoms with Gasteiger partial charge in [-0.1, -0.05) is 6.07 Å². The van der Waals surface area contributed by atoms with E-state index < -0.39 is 0 Å². The Morgan fingerprint density at radius 2 is 2.07 bits per heavy atom. The Morgan fingerprint density at radius 3 is 2.93 bits per heavy atom. The number of aromatic nitrogens is 3. The molecule has 140 valence electrons. The summed E-state index contributed by atoms with van der Waals surface area (Å²) in [4.78, 5) is 24.8. The van der Waals surface area contributed by atoms with Crippen LogP contribution in [0.1, 0.15) is 23.4 Å². The third kappa shape index (κ3) is 3.20. The molecule has 1 amide bonds. The lowest BCUT2D eigenvalue weighted by Crippen LogP contribution is -2.28. The SMILES string of the molecule is Cc1ccc2nc(-c3ccc(NC(=O)C4CCc5nc[nH]c5C4)cc3)sc2c1. The fourth-order valence-corrected chi connectivity index (χ4v) is 4.79. The highest BCUT2D eigenvalue weighted by Gasteiger charge is 2.26. The second kappa shape index (κ2) is 6.87. The van der Waals surface area contributed by atoms with Gasteiger partial charge < -0.3 is 10.3 Å². The maximum atomic E-state index is 12.6. The number of H-pyrrole nitrogens is 1. The first-order valence-electron chi connectivity index (χ1n) is 9.45. The molecule has 28 heavy (non-hydrogen) atoms. The van der Waals surface area contributed by atoms with E-state index in [-0.39, 0.29) is 11.8 Å². The van der Waals surface area contributed by atoms with E-state index in [1.807, 2.05) is 24.3 Å². The van der Waals surface area contributed by atoms with E-state index >= 15 is 0 Å². The molecule has 1 aliphatic rings. The maximum Gasteiger partial charge on any atom is 0.227 e. The molecule has 0 radical (unpaired) electrons. The van der Waals surface area contributed by atoms with Gasteiger partial charge in [-0.25, -0.2) is 9.97 Å². The Labute approximate surface area is 166 Å². The first-order chi connectivity index (χ1) is 13.7. The van der Waals surface area contributed by atoms with Crippen LogP contribution in [-0.2, 0) is 17.6 Å². The van der Waals surface area contributed by atoms with Crippen LogP contribution in [0, 0.1) is 12.8 Å². The Bertz CT molecular complexity index is 1160. The normalized spacial score (nSPS) is 16.1. The van der Waals surface area contributed by atoms with E-state index in [1.54, 1.807) is 17.7 Å². The molecule has 5 nitrogen and oxygen atoms in total. The van der Waals surface area contributed by atoms with Gasteiger partial charge in [-0.2, -0.15) is 0 Å². The van der Waals surface area contributed by atoms with Crippen molar-refractivity contribution >= 4 is 33.1 Å². The topological polar surface area (TPSA) is 70.7 Å². The summed E-state index contributed by atoms with van der Waals surface area (Å²) < 4.78 is 1.20. The number of carbonyl (C=O) groups excluding carboxylic acids is 1. The highest BCUT2D eigenvalue weighted by atomic mass is 32.1. The zero-order valence-corrected chi connectivity index (χ0v) is 16.3. The number of hydrogen-bond acceptors (Lipinski definition) is 4. The van der Waals surface area contributed by atoms with Crippen LogP contribution in [0.4, 0.5) is 5.69 Å². The van der Waals surface area contributed by atoms with E-state index in [2.05, 4.69) is 40.4 Å². The number of nitrogens with zero attached hydrogens (tertiary/aromatic N) is 2. The van der Waals surface area contributed by atoms with Crippen molar-refractivity contribution < 1.29 is 4.79 Å². The standard InChI is InChI=1S/C22H20N4OS/c1-13-2-8-18-20(10-13)28-22(26-18)14-3-6-16(7-4-14)25-21(27)15-5-9-17-19(11-15)24-12-23-17/h2-4,6-8,10,12,15H,5,9,11H2,1H3,(H,23,24)(H,25,27). The summed E-state index contributed by atoms with van der Waals surface area (Å²) in [6.45, 7) is 2.09. The number of hydrogen-bond donors (Lipinski definition) is 2. The lowest BCUT2D eigenvalue weighted by molar-refractivity contribution is -0.120. The molecule has 6 heteroatoms. The molecule has 2 heterocycles. The minimum atomic E-state index is -0.0138. The summed E-state index contributed by atoms with van der Waals surface area (Å²) in [5.41, 5.74) is 6.34. The molecule has 2 N–H and O–H groups in total. The average molecular weight is 388 g/mol. The molecular weight excluding hydrogens is 368 g/mol. The largest absolute Gasteiger partial charge is 0.348 e. The lowest BCUT2D eigenvalue weighted by Gasteiger charge is -2.20. The van der Waals surface area contributed by atoms with Crippen molar-refractivity contribution in [1.29, 1.82) is 0 Å². The van der Waals surface area contributed by atoms with Crippen LogP contribution >= 0.6 is 11.3 Å². The minimum absolute atomic E-state index is 0.0138. The molecule has 2 aromatic carbocycles. The second-order valence-corrected chi connectivity index (χ2v) is 8.35. The van der Waals surface area contributed by atoms with E-state index in [4.69, 9.17) is 4.98 Å². The summed E-state index contributed by atoms with van der Waals surface area (Å²) in [5, 5.41) is 4.05. The van der Waals surface area contributed by atoms with Crippen LogP contribution in [0.2, 0.25) is 0 Å². The van der Waals surface area contributed by atoms with E-state index in [1.165, 1.54) is 10.3 Å². The van der Waals surface area contributed by atoms with Crippen molar-refractivity contribution in [3.05, 3.63) is 65.7 Å². The van der Waals surface area contributed by atoms with Crippen LogP contribution < -0.4 is 5.32 Å². The molecular formula is C22H20N4OS. The number of benzene rings is 2. The molecule has 1 atom stereocenters. The number of anilines is 1. The highest BCUT2D eigenvalue weighted by molar-refractivity contribution is 7.21. The molecule has 0 fully saturated rings. The number of aryl methyl sites for hydroxylation is 2. The number of carbonyl (C=O) groups is 1. The van der Waals surface area contributed by atoms with Gasteiger partial charge >= 0.3 is 0 Å². The number of fused-ring (bicyclic) bond motifs is 2. The smallest absolute Gasteiger partial charge is 0.227 e. The third-order valence-electron chi connectivity index (χ3n) is 5.30. The van der Waals surface area contributed by atoms with Gasteiger partial charge in [-0.3, -0.25) is 4.79 Å². The van der Waals surface area contributed by atoms with Gasteiger partial charge in [-0.05, 0) is 61.7 Å². The number of thiazole rings is 1. The van der Waals surface area contributed by atoms with E-state index in [0.29, 0.717) is 0 Å². The Morgan fingerprint density at radius 1 is 1.21 bits per heavy atom. The fraction of sp³-hybridized carbons (Fsp3) is 0.227. The highest BCUT2D eigenvalue weighted by Crippen LogP contribution is 2.31. The van der Waals surface area contributed by atoms with Gasteiger partial charge in [0.15, 0.2) is 0 Å². The monoisotopic (exact) mass is 388 g/mol. The fourth-order valence-electron chi connectivity index (χ4n) is 3.72. The molecule has 0 aliphatic heterocycles. The molecule has 2 aromatic heterocycles. The van der Waals surface area contributed by atoms with Gasteiger partial charge in [-0.15, -0.1) is 11.3 Å². The van der Waals surface area contributed by atoms with E-state index in [0.717, 1.165) is 52.4 Å². The van der Waals surface area contributed by atoms with Gasteiger partial charge in [0.2, 0.25) is 5.91 Å². The molecule has 0 saturated heterocycles. The number of aromatic amines is 1. The molecule has 1 aliphatic carbocycles. The zero-order chi connectivity index (χ0) is 19.1. The van der Waals surface area contributed by atoms with E-state index in [9.17, 15) is 4.79 Å². The van der Waals surface area contributed by atoms with Crippen molar-refractivity contribution in [3.63, 3.8) is 0 Å². The molecule has 4 aromatic rings. The zero-order valence-electron chi connectivity index (χ0n) is 15.5. The number of amides is 1. The predicted octanol–water partition coefficient (Wildman–Crippen LogP) is 4.74. The van der Waals surface area contributed by atoms with Crippen molar-refractivity contribution in [2.45, 2.75) is 26.2 Å². The molecule has 1 unspecified atom stereocenters. The number of imidazole rings is 1. The minimum Gasteiger partial charge on any atom is -0.348 e. The third-order valence-corrected chi connectivity index (χ3v) is 6.37. The Balaban J connectivity index is 1.30. The molecule has 5 rings (SSSR count). The summed E-state index contributed by atoms with van der Waals surface area (Å²) in [6.07, 6.45) is 4.14. The quantitative estimate of drug-likeness (QED) is 0.533. The van der Waals surface area contributed by atoms with Gasteiger partial charge in [0.25, 0.3) is 0 Å². The summed E-state index contributed by atoms with van der Waals surface area (Å²) >= 11 is 1.69. The Kier molecular flexibility index (Phi) is 4.20. The van der Waals surface area contributed by atoms with Gasteiger partial charge in [0.1, 0.15) is 5.01 Å². The van der Waals surface area contributed by atoms with Crippen molar-refractivity contribution in [2.75, 3.05) is 5.32 Å². The first kappa shape index (κ1) is 17.1. The first-order valence-corrected chi connectivity index (χ1v) is 10.3. The maximum absolute atomic E-state index is 12.6. The van der Waals surface area contributed by atoms with Crippen molar-refractivity contribution in [3.8, 4) is 10.6 Å². The average Bonchev–Trinajstić information content (AvgIpc) is 3.34. The molecule has 0 saturated carbocycles. The summed E-state index contributed by atoms with van der Waals surface area (Å²) in [5.74, 6) is 0.0589. The Hall–Kier alpha value is -2.99. The van der Waals surface area contributed by atoms with Crippen LogP contribution in [0.3, 0.4) is 0 Å². The van der Waals surface area contributed by atoms with Crippen molar-refractivity contribution in [1.82, 2.24) is 15.0 Å². The van der Waals surface area contributed by atoms with Crippen LogP contribution in [0.15, 0.2) is 48.8 Å². The predicted molar refractivity (Wildman–Crippen MR) is 113 cm³/mol.